The number of hydrogen-bond acceptors (Lipinski definition) is 5. The van der Waals surface area contributed by atoms with Crippen molar-refractivity contribution in [2.45, 2.75) is 38.8 Å². The number of rotatable bonds is 7. The molecule has 2 unspecified atom stereocenters. The van der Waals surface area contributed by atoms with Crippen molar-refractivity contribution in [3.63, 3.8) is 0 Å². The summed E-state index contributed by atoms with van der Waals surface area (Å²) >= 11 is 1.42. The summed E-state index contributed by atoms with van der Waals surface area (Å²) in [7, 11) is 1.52. The van der Waals surface area contributed by atoms with E-state index in [0.29, 0.717) is 17.0 Å². The van der Waals surface area contributed by atoms with Crippen LogP contribution >= 0.6 is 11.3 Å². The fourth-order valence-electron chi connectivity index (χ4n) is 3.41. The van der Waals surface area contributed by atoms with E-state index in [1.54, 1.807) is 13.0 Å². The van der Waals surface area contributed by atoms with Crippen molar-refractivity contribution in [1.82, 2.24) is 15.5 Å². The predicted octanol–water partition coefficient (Wildman–Crippen LogP) is 2.13. The third kappa shape index (κ3) is 6.77. The Balaban J connectivity index is 0.00000385. The number of aliphatic carboxylic acids is 1. The van der Waals surface area contributed by atoms with Gasteiger partial charge in [0, 0.05) is 35.0 Å². The summed E-state index contributed by atoms with van der Waals surface area (Å²) in [5.41, 5.74) is 2.82. The second-order valence-electron chi connectivity index (χ2n) is 7.69. The number of nitrogens with one attached hydrogen (secondary N) is 2. The summed E-state index contributed by atoms with van der Waals surface area (Å²) in [6, 6.07) is 8.81. The van der Waals surface area contributed by atoms with Crippen molar-refractivity contribution in [3.05, 3.63) is 69.1 Å². The molecule has 1 aliphatic heterocycles. The predicted molar refractivity (Wildman–Crippen MR) is 127 cm³/mol. The van der Waals surface area contributed by atoms with Crippen LogP contribution in [0.25, 0.3) is 0 Å². The molecule has 3 N–H and O–H groups in total. The Morgan fingerprint density at radius 1 is 1.15 bits per heavy atom. The molecule has 0 radical (unpaired) electrons. The van der Waals surface area contributed by atoms with Crippen molar-refractivity contribution in [3.8, 4) is 0 Å². The van der Waals surface area contributed by atoms with Crippen molar-refractivity contribution in [2.24, 2.45) is 0 Å². The third-order valence-electron chi connectivity index (χ3n) is 5.35. The molecule has 0 saturated heterocycles. The average Bonchev–Trinajstić information content (AvgIpc) is 3.19. The number of carbonyl (C=O) groups is 4. The van der Waals surface area contributed by atoms with Crippen LogP contribution in [-0.2, 0) is 20.8 Å². The van der Waals surface area contributed by atoms with Gasteiger partial charge < -0.3 is 20.6 Å². The minimum atomic E-state index is -1.34. The molecule has 0 fully saturated rings. The third-order valence-corrected chi connectivity index (χ3v) is 6.55. The zero-order valence-electron chi connectivity index (χ0n) is 18.0. The fraction of sp³-hybridized carbons (Fsp3) is 0.304. The molecule has 2 aromatic rings. The molecule has 0 spiro atoms. The van der Waals surface area contributed by atoms with Gasteiger partial charge in [-0.15, -0.1) is 11.3 Å². The van der Waals surface area contributed by atoms with Crippen molar-refractivity contribution in [2.75, 3.05) is 7.05 Å². The van der Waals surface area contributed by atoms with Gasteiger partial charge in [-0.25, -0.2) is 4.79 Å². The molecule has 1 aromatic carbocycles. The number of carbonyl (C=O) groups excluding carboxylic acids is 3. The summed E-state index contributed by atoms with van der Waals surface area (Å²) < 4.78 is 0. The number of benzene rings is 1. The van der Waals surface area contributed by atoms with E-state index in [-0.39, 0.29) is 36.0 Å². The van der Waals surface area contributed by atoms with Gasteiger partial charge >= 0.3 is 41.6 Å². The van der Waals surface area contributed by atoms with E-state index in [4.69, 9.17) is 0 Å². The normalized spacial score (nSPS) is 16.5. The molecule has 170 valence electrons. The summed E-state index contributed by atoms with van der Waals surface area (Å²) in [6.07, 6.45) is 1.66. The number of ketones is 1. The Morgan fingerprint density at radius 3 is 2.52 bits per heavy atom. The van der Waals surface area contributed by atoms with Gasteiger partial charge in [0.15, 0.2) is 11.8 Å². The number of hydrogen-bond donors (Lipinski definition) is 3. The van der Waals surface area contributed by atoms with Gasteiger partial charge in [0.1, 0.15) is 0 Å². The van der Waals surface area contributed by atoms with Gasteiger partial charge in [-0.05, 0) is 37.1 Å². The maximum absolute atomic E-state index is 12.5. The standard InChI is InChI=1S/C23H25N3O5S.Na.H/c1-13-6-4-5-7-15(13)11-16-8-9-19(32-16)17(12-20(28)29)24-23(31)25-21-18(27)10-14(2)26(3)22(21)30;;/h4-10,17,21H,11-12H2,1-3H3,(H,28,29)(H2,24,25,31);;. The molecular weight excluding hydrogens is 453 g/mol. The summed E-state index contributed by atoms with van der Waals surface area (Å²) in [6.45, 7) is 3.66. The van der Waals surface area contributed by atoms with Crippen LogP contribution in [0.3, 0.4) is 0 Å². The van der Waals surface area contributed by atoms with Gasteiger partial charge in [-0.1, -0.05) is 24.3 Å². The van der Waals surface area contributed by atoms with E-state index in [1.165, 1.54) is 34.9 Å². The van der Waals surface area contributed by atoms with E-state index in [0.717, 1.165) is 10.4 Å². The van der Waals surface area contributed by atoms with Crippen LogP contribution in [0.5, 0.6) is 0 Å². The van der Waals surface area contributed by atoms with E-state index in [2.05, 4.69) is 10.6 Å². The maximum atomic E-state index is 12.5. The molecule has 1 aliphatic rings. The second kappa shape index (κ2) is 11.6. The number of allylic oxidation sites excluding steroid dienone is 1. The number of aryl methyl sites for hydroxylation is 1. The molecule has 1 aromatic heterocycles. The van der Waals surface area contributed by atoms with E-state index in [9.17, 15) is 24.3 Å². The van der Waals surface area contributed by atoms with Gasteiger partial charge in [0.25, 0.3) is 5.91 Å². The Labute approximate surface area is 218 Å². The molecule has 33 heavy (non-hydrogen) atoms. The molecule has 2 heterocycles. The van der Waals surface area contributed by atoms with Crippen LogP contribution in [0, 0.1) is 6.92 Å². The van der Waals surface area contributed by atoms with E-state index >= 15 is 0 Å². The van der Waals surface area contributed by atoms with Gasteiger partial charge in [-0.2, -0.15) is 0 Å². The average molecular weight is 480 g/mol. The first-order valence-electron chi connectivity index (χ1n) is 10.1. The molecule has 3 rings (SSSR count). The molecule has 0 bridgehead atoms. The Kier molecular flexibility index (Phi) is 9.42. The minimum absolute atomic E-state index is 0. The second-order valence-corrected chi connectivity index (χ2v) is 8.89. The number of nitrogens with zero attached hydrogens (tertiary/aromatic N) is 1. The number of carboxylic acid groups (broad SMARTS) is 1. The Bertz CT molecular complexity index is 1100. The number of carboxylic acids is 1. The topological polar surface area (TPSA) is 116 Å². The monoisotopic (exact) mass is 479 g/mol. The van der Waals surface area contributed by atoms with Crippen molar-refractivity contribution >= 4 is 64.6 Å². The van der Waals surface area contributed by atoms with E-state index in [1.807, 2.05) is 37.3 Å². The van der Waals surface area contributed by atoms with Crippen LogP contribution in [0.2, 0.25) is 0 Å². The molecule has 2 atom stereocenters. The fourth-order valence-corrected chi connectivity index (χ4v) is 4.50. The summed E-state index contributed by atoms with van der Waals surface area (Å²) in [5, 5.41) is 14.3. The Morgan fingerprint density at radius 2 is 1.85 bits per heavy atom. The van der Waals surface area contributed by atoms with Crippen LogP contribution < -0.4 is 10.6 Å². The first-order valence-corrected chi connectivity index (χ1v) is 10.9. The first kappa shape index (κ1) is 26.8. The summed E-state index contributed by atoms with van der Waals surface area (Å²) in [4.78, 5) is 51.5. The van der Waals surface area contributed by atoms with E-state index < -0.39 is 35.8 Å². The number of amides is 3. The number of likely N-dealkylation sites (N-methyl/N-ethyl adjacent to an activating group) is 1. The zero-order chi connectivity index (χ0) is 23.4. The first-order chi connectivity index (χ1) is 15.2. The number of thiophene rings is 1. The van der Waals surface area contributed by atoms with Crippen LogP contribution in [-0.4, -0.2) is 76.3 Å². The zero-order valence-corrected chi connectivity index (χ0v) is 18.9. The van der Waals surface area contributed by atoms with Crippen LogP contribution in [0.15, 0.2) is 48.2 Å². The van der Waals surface area contributed by atoms with Crippen LogP contribution in [0.4, 0.5) is 4.79 Å². The van der Waals surface area contributed by atoms with Crippen molar-refractivity contribution in [1.29, 1.82) is 0 Å². The number of urea groups is 1. The molecule has 3 amide bonds. The quantitative estimate of drug-likeness (QED) is 0.416. The Hall–Kier alpha value is -2.46. The molecular formula is C23H26N3NaO5S. The van der Waals surface area contributed by atoms with Crippen molar-refractivity contribution < 1.29 is 24.3 Å². The molecule has 10 heteroatoms. The SMILES string of the molecule is CC1=CC(=O)C(NC(=O)NC(CC(=O)O)c2ccc(Cc3ccccc3C)s2)C(=O)N1C.[NaH]. The van der Waals surface area contributed by atoms with Gasteiger partial charge in [0.05, 0.1) is 12.5 Å². The van der Waals surface area contributed by atoms with Gasteiger partial charge in [-0.3, -0.25) is 14.4 Å². The van der Waals surface area contributed by atoms with Gasteiger partial charge in [0.2, 0.25) is 0 Å². The molecule has 8 nitrogen and oxygen atoms in total. The molecule has 0 aliphatic carbocycles. The van der Waals surface area contributed by atoms with Crippen LogP contribution in [0.1, 0.15) is 40.3 Å². The molecule has 0 saturated carbocycles. The summed E-state index contributed by atoms with van der Waals surface area (Å²) in [5.74, 6) is -2.14.